The standard InChI is InChI=1S/C20H31N3O3/c1-13(2)26-16-9-7-14(8-10-16)21-17(24)18(25)22-15-11-19(3,4)23-20(5,6)12-15/h7-10,13,15,23H,11-12H2,1-6H3,(H,21,24)(H,22,25). The molecule has 1 heterocycles. The predicted octanol–water partition coefficient (Wildman–Crippen LogP) is 2.84. The predicted molar refractivity (Wildman–Crippen MR) is 103 cm³/mol. The lowest BCUT2D eigenvalue weighted by Crippen LogP contribution is -2.62. The fraction of sp³-hybridized carbons (Fsp3) is 0.600. The topological polar surface area (TPSA) is 79.5 Å². The minimum absolute atomic E-state index is 0.0404. The van der Waals surface area contributed by atoms with Crippen LogP contribution in [0.1, 0.15) is 54.4 Å². The lowest BCUT2D eigenvalue weighted by Gasteiger charge is -2.46. The van der Waals surface area contributed by atoms with E-state index < -0.39 is 11.8 Å². The molecule has 0 radical (unpaired) electrons. The lowest BCUT2D eigenvalue weighted by atomic mass is 9.79. The Labute approximate surface area is 156 Å². The van der Waals surface area contributed by atoms with Crippen LogP contribution in [0.15, 0.2) is 24.3 Å². The molecule has 1 aliphatic rings. The van der Waals surface area contributed by atoms with Gasteiger partial charge in [-0.1, -0.05) is 0 Å². The number of hydrogen-bond donors (Lipinski definition) is 3. The van der Waals surface area contributed by atoms with Crippen molar-refractivity contribution < 1.29 is 14.3 Å². The summed E-state index contributed by atoms with van der Waals surface area (Å²) in [6.45, 7) is 12.3. The molecule has 26 heavy (non-hydrogen) atoms. The van der Waals surface area contributed by atoms with Crippen molar-refractivity contribution in [2.75, 3.05) is 5.32 Å². The molecule has 0 saturated carbocycles. The third-order valence-corrected chi connectivity index (χ3v) is 4.22. The second kappa shape index (κ2) is 7.66. The first-order valence-corrected chi connectivity index (χ1v) is 9.14. The van der Waals surface area contributed by atoms with E-state index in [0.29, 0.717) is 5.69 Å². The zero-order chi connectivity index (χ0) is 19.5. The summed E-state index contributed by atoms with van der Waals surface area (Å²) in [4.78, 5) is 24.5. The van der Waals surface area contributed by atoms with Crippen LogP contribution in [0.2, 0.25) is 0 Å². The molecule has 1 aromatic carbocycles. The van der Waals surface area contributed by atoms with Gasteiger partial charge in [-0.3, -0.25) is 9.59 Å². The Kier molecular flexibility index (Phi) is 5.96. The van der Waals surface area contributed by atoms with E-state index in [2.05, 4.69) is 43.6 Å². The molecule has 0 spiro atoms. The molecule has 3 N–H and O–H groups in total. The third-order valence-electron chi connectivity index (χ3n) is 4.22. The van der Waals surface area contributed by atoms with Gasteiger partial charge in [0.2, 0.25) is 0 Å². The van der Waals surface area contributed by atoms with Gasteiger partial charge in [0, 0.05) is 22.8 Å². The molecule has 1 aliphatic heterocycles. The number of benzene rings is 1. The Morgan fingerprint density at radius 3 is 2.08 bits per heavy atom. The van der Waals surface area contributed by atoms with Crippen LogP contribution in [-0.2, 0) is 9.59 Å². The summed E-state index contributed by atoms with van der Waals surface area (Å²) in [5.41, 5.74) is 0.373. The largest absolute Gasteiger partial charge is 0.491 e. The number of amides is 2. The third kappa shape index (κ3) is 6.02. The highest BCUT2D eigenvalue weighted by Crippen LogP contribution is 2.28. The summed E-state index contributed by atoms with van der Waals surface area (Å²) in [5, 5.41) is 9.06. The van der Waals surface area contributed by atoms with Crippen LogP contribution in [0.3, 0.4) is 0 Å². The molecule has 144 valence electrons. The number of hydrogen-bond acceptors (Lipinski definition) is 4. The summed E-state index contributed by atoms with van der Waals surface area (Å²) in [7, 11) is 0. The van der Waals surface area contributed by atoms with E-state index in [4.69, 9.17) is 4.74 Å². The minimum atomic E-state index is -0.656. The van der Waals surface area contributed by atoms with Gasteiger partial charge in [0.15, 0.2) is 0 Å². The molecule has 2 rings (SSSR count). The maximum absolute atomic E-state index is 12.3. The number of ether oxygens (including phenoxy) is 1. The average molecular weight is 361 g/mol. The monoisotopic (exact) mass is 361 g/mol. The van der Waals surface area contributed by atoms with E-state index in [1.165, 1.54) is 0 Å². The van der Waals surface area contributed by atoms with Gasteiger partial charge in [0.25, 0.3) is 0 Å². The quantitative estimate of drug-likeness (QED) is 0.721. The van der Waals surface area contributed by atoms with Gasteiger partial charge in [-0.15, -0.1) is 0 Å². The Balaban J connectivity index is 1.92. The van der Waals surface area contributed by atoms with Crippen molar-refractivity contribution in [3.63, 3.8) is 0 Å². The minimum Gasteiger partial charge on any atom is -0.491 e. The van der Waals surface area contributed by atoms with Crippen LogP contribution in [0.5, 0.6) is 5.75 Å². The molecule has 0 aliphatic carbocycles. The first kappa shape index (κ1) is 20.2. The maximum atomic E-state index is 12.3. The Morgan fingerprint density at radius 2 is 1.58 bits per heavy atom. The second-order valence-corrected chi connectivity index (χ2v) is 8.62. The van der Waals surface area contributed by atoms with E-state index in [9.17, 15) is 9.59 Å². The van der Waals surface area contributed by atoms with Crippen molar-refractivity contribution in [1.29, 1.82) is 0 Å². The summed E-state index contributed by atoms with van der Waals surface area (Å²) in [6, 6.07) is 6.94. The van der Waals surface area contributed by atoms with Crippen LogP contribution in [0, 0.1) is 0 Å². The molecule has 0 unspecified atom stereocenters. The van der Waals surface area contributed by atoms with Crippen molar-refractivity contribution in [3.8, 4) is 5.75 Å². The number of rotatable bonds is 4. The molecule has 1 fully saturated rings. The average Bonchev–Trinajstić information content (AvgIpc) is 2.45. The Bertz CT molecular complexity index is 635. The normalized spacial score (nSPS) is 19.0. The van der Waals surface area contributed by atoms with E-state index >= 15 is 0 Å². The summed E-state index contributed by atoms with van der Waals surface area (Å²) in [5.74, 6) is -0.538. The van der Waals surface area contributed by atoms with Crippen LogP contribution < -0.4 is 20.7 Å². The van der Waals surface area contributed by atoms with E-state index in [1.807, 2.05) is 13.8 Å². The SMILES string of the molecule is CC(C)Oc1ccc(NC(=O)C(=O)NC2CC(C)(C)NC(C)(C)C2)cc1. The van der Waals surface area contributed by atoms with Gasteiger partial charge in [-0.05, 0) is 78.6 Å². The summed E-state index contributed by atoms with van der Waals surface area (Å²) < 4.78 is 5.56. The fourth-order valence-corrected chi connectivity index (χ4v) is 3.75. The maximum Gasteiger partial charge on any atom is 0.313 e. The number of piperidine rings is 1. The van der Waals surface area contributed by atoms with Gasteiger partial charge in [-0.25, -0.2) is 0 Å². The van der Waals surface area contributed by atoms with Crippen LogP contribution in [0.25, 0.3) is 0 Å². The molecule has 1 aromatic rings. The molecule has 2 amide bonds. The second-order valence-electron chi connectivity index (χ2n) is 8.62. The van der Waals surface area contributed by atoms with Gasteiger partial charge < -0.3 is 20.7 Å². The van der Waals surface area contributed by atoms with Crippen molar-refractivity contribution in [3.05, 3.63) is 24.3 Å². The van der Waals surface area contributed by atoms with Crippen molar-refractivity contribution in [2.24, 2.45) is 0 Å². The van der Waals surface area contributed by atoms with Crippen LogP contribution in [-0.4, -0.2) is 35.0 Å². The number of nitrogens with one attached hydrogen (secondary N) is 3. The Hall–Kier alpha value is -2.08. The molecule has 1 saturated heterocycles. The first-order chi connectivity index (χ1) is 12.0. The molecule has 0 aromatic heterocycles. The molecule has 6 heteroatoms. The molecule has 6 nitrogen and oxygen atoms in total. The van der Waals surface area contributed by atoms with Gasteiger partial charge >= 0.3 is 11.8 Å². The number of carbonyl (C=O) groups excluding carboxylic acids is 2. The number of carbonyl (C=O) groups is 2. The van der Waals surface area contributed by atoms with Crippen molar-refractivity contribution in [2.45, 2.75) is 77.6 Å². The summed E-state index contributed by atoms with van der Waals surface area (Å²) >= 11 is 0. The van der Waals surface area contributed by atoms with Gasteiger partial charge in [-0.2, -0.15) is 0 Å². The van der Waals surface area contributed by atoms with Gasteiger partial charge in [0.05, 0.1) is 6.10 Å². The highest BCUT2D eigenvalue weighted by Gasteiger charge is 2.38. The molecular weight excluding hydrogens is 330 g/mol. The van der Waals surface area contributed by atoms with Gasteiger partial charge in [0.1, 0.15) is 5.75 Å². The van der Waals surface area contributed by atoms with Crippen molar-refractivity contribution >= 4 is 17.5 Å². The van der Waals surface area contributed by atoms with E-state index in [0.717, 1.165) is 18.6 Å². The lowest BCUT2D eigenvalue weighted by molar-refractivity contribution is -0.137. The highest BCUT2D eigenvalue weighted by molar-refractivity contribution is 6.39. The molecule has 0 bridgehead atoms. The fourth-order valence-electron chi connectivity index (χ4n) is 3.75. The van der Waals surface area contributed by atoms with E-state index in [-0.39, 0.29) is 23.2 Å². The summed E-state index contributed by atoms with van der Waals surface area (Å²) in [6.07, 6.45) is 1.63. The smallest absolute Gasteiger partial charge is 0.313 e. The highest BCUT2D eigenvalue weighted by atomic mass is 16.5. The number of anilines is 1. The zero-order valence-corrected chi connectivity index (χ0v) is 16.6. The zero-order valence-electron chi connectivity index (χ0n) is 16.6. The van der Waals surface area contributed by atoms with Crippen molar-refractivity contribution in [1.82, 2.24) is 10.6 Å². The van der Waals surface area contributed by atoms with Crippen LogP contribution in [0.4, 0.5) is 5.69 Å². The molecular formula is C20H31N3O3. The van der Waals surface area contributed by atoms with E-state index in [1.54, 1.807) is 24.3 Å². The van der Waals surface area contributed by atoms with Crippen LogP contribution >= 0.6 is 0 Å². The molecule has 0 atom stereocenters. The first-order valence-electron chi connectivity index (χ1n) is 9.14. The Morgan fingerprint density at radius 1 is 1.04 bits per heavy atom.